The van der Waals surface area contributed by atoms with Gasteiger partial charge in [0.15, 0.2) is 6.61 Å². The number of ether oxygens (including phenoxy) is 1. The summed E-state index contributed by atoms with van der Waals surface area (Å²) in [6.45, 7) is -0.174. The van der Waals surface area contributed by atoms with Crippen molar-refractivity contribution in [2.75, 3.05) is 5.32 Å². The van der Waals surface area contributed by atoms with E-state index in [1.807, 2.05) is 0 Å². The molecule has 3 aromatic rings. The Morgan fingerprint density at radius 2 is 2.04 bits per heavy atom. The molecule has 0 spiro atoms. The number of benzene rings is 1. The third kappa shape index (κ3) is 4.73. The number of pyridine rings is 1. The van der Waals surface area contributed by atoms with Crippen molar-refractivity contribution >= 4 is 17.6 Å². The number of hydrogen-bond donors (Lipinski definition) is 1. The van der Waals surface area contributed by atoms with Crippen LogP contribution in [-0.4, -0.2) is 27.0 Å². The molecule has 27 heavy (non-hydrogen) atoms. The molecular weight excluding hydrogens is 350 g/mol. The molecule has 3 rings (SSSR count). The fourth-order valence-corrected chi connectivity index (χ4v) is 2.10. The molecule has 9 heteroatoms. The molecule has 9 nitrogen and oxygen atoms in total. The number of amides is 1. The maximum Gasteiger partial charge on any atom is 0.338 e. The van der Waals surface area contributed by atoms with Gasteiger partial charge in [-0.25, -0.2) is 4.79 Å². The van der Waals surface area contributed by atoms with E-state index in [0.29, 0.717) is 22.6 Å². The van der Waals surface area contributed by atoms with Gasteiger partial charge >= 0.3 is 5.97 Å². The number of nitriles is 1. The zero-order chi connectivity index (χ0) is 19.1. The van der Waals surface area contributed by atoms with Crippen molar-refractivity contribution in [3.05, 3.63) is 60.2 Å². The maximum atomic E-state index is 12.1. The van der Waals surface area contributed by atoms with Crippen molar-refractivity contribution in [1.29, 1.82) is 5.26 Å². The monoisotopic (exact) mass is 363 g/mol. The van der Waals surface area contributed by atoms with E-state index in [9.17, 15) is 9.59 Å². The molecule has 2 heterocycles. The molecule has 0 aliphatic heterocycles. The van der Waals surface area contributed by atoms with Gasteiger partial charge in [-0.3, -0.25) is 9.78 Å². The normalized spacial score (nSPS) is 10.0. The van der Waals surface area contributed by atoms with Crippen LogP contribution < -0.4 is 5.32 Å². The van der Waals surface area contributed by atoms with Crippen LogP contribution in [0.15, 0.2) is 53.3 Å². The highest BCUT2D eigenvalue weighted by Gasteiger charge is 2.13. The first-order valence-electron chi connectivity index (χ1n) is 7.82. The smallest absolute Gasteiger partial charge is 0.338 e. The van der Waals surface area contributed by atoms with E-state index < -0.39 is 11.9 Å². The van der Waals surface area contributed by atoms with Gasteiger partial charge in [0.1, 0.15) is 6.42 Å². The molecule has 2 aromatic heterocycles. The van der Waals surface area contributed by atoms with Crippen LogP contribution in [0.25, 0.3) is 11.4 Å². The minimum atomic E-state index is -0.578. The molecule has 1 N–H and O–H groups in total. The highest BCUT2D eigenvalue weighted by Crippen LogP contribution is 2.15. The number of anilines is 1. The van der Waals surface area contributed by atoms with E-state index in [2.05, 4.69) is 20.4 Å². The summed E-state index contributed by atoms with van der Waals surface area (Å²) in [5.41, 5.74) is 1.46. The molecule has 0 saturated carbocycles. The number of rotatable bonds is 6. The van der Waals surface area contributed by atoms with Gasteiger partial charge in [0, 0.05) is 23.6 Å². The zero-order valence-corrected chi connectivity index (χ0v) is 14.0. The van der Waals surface area contributed by atoms with Gasteiger partial charge in [0.2, 0.25) is 11.7 Å². The van der Waals surface area contributed by atoms with Crippen LogP contribution in [0.1, 0.15) is 22.7 Å². The fraction of sp³-hybridized carbons (Fsp3) is 0.111. The predicted molar refractivity (Wildman–Crippen MR) is 92.0 cm³/mol. The summed E-state index contributed by atoms with van der Waals surface area (Å²) >= 11 is 0. The Balaban J connectivity index is 1.56. The number of esters is 1. The average Bonchev–Trinajstić information content (AvgIpc) is 3.17. The van der Waals surface area contributed by atoms with E-state index in [1.165, 1.54) is 12.1 Å². The number of carbonyl (C=O) groups is 2. The summed E-state index contributed by atoms with van der Waals surface area (Å²) in [7, 11) is 0. The Bertz CT molecular complexity index is 977. The average molecular weight is 363 g/mol. The van der Waals surface area contributed by atoms with Crippen LogP contribution in [0, 0.1) is 11.3 Å². The third-order valence-corrected chi connectivity index (χ3v) is 3.36. The summed E-state index contributed by atoms with van der Waals surface area (Å²) in [5, 5.41) is 14.8. The lowest BCUT2D eigenvalue weighted by molar-refractivity contribution is -0.115. The van der Waals surface area contributed by atoms with Crippen molar-refractivity contribution in [3.63, 3.8) is 0 Å². The molecule has 0 fully saturated rings. The van der Waals surface area contributed by atoms with Crippen molar-refractivity contribution in [2.45, 2.75) is 13.0 Å². The van der Waals surface area contributed by atoms with Crippen LogP contribution in [0.5, 0.6) is 0 Å². The second-order valence-corrected chi connectivity index (χ2v) is 5.29. The van der Waals surface area contributed by atoms with Gasteiger partial charge < -0.3 is 14.6 Å². The summed E-state index contributed by atoms with van der Waals surface area (Å²) in [6.07, 6.45) is 2.99. The first-order chi connectivity index (χ1) is 13.2. The van der Waals surface area contributed by atoms with Crippen LogP contribution >= 0.6 is 0 Å². The molecule has 0 aliphatic rings. The standard InChI is InChI=1S/C18H13N5O4/c19-8-7-15(24)21-14-5-3-12(4-6-14)18(25)26-11-16-22-17(23-27-16)13-2-1-9-20-10-13/h1-6,9-10H,7,11H2,(H,21,24). The molecule has 0 unspecified atom stereocenters. The van der Waals surface area contributed by atoms with Gasteiger partial charge in [-0.05, 0) is 36.4 Å². The van der Waals surface area contributed by atoms with Gasteiger partial charge in [-0.2, -0.15) is 10.2 Å². The lowest BCUT2D eigenvalue weighted by Crippen LogP contribution is -2.10. The van der Waals surface area contributed by atoms with E-state index in [-0.39, 0.29) is 18.9 Å². The van der Waals surface area contributed by atoms with Gasteiger partial charge in [-0.1, -0.05) is 5.16 Å². The van der Waals surface area contributed by atoms with Crippen molar-refractivity contribution < 1.29 is 18.8 Å². The van der Waals surface area contributed by atoms with Crippen molar-refractivity contribution in [2.24, 2.45) is 0 Å². The molecule has 1 amide bonds. The number of nitrogens with zero attached hydrogens (tertiary/aromatic N) is 4. The Labute approximate surface area is 153 Å². The highest BCUT2D eigenvalue weighted by molar-refractivity contribution is 5.93. The van der Waals surface area contributed by atoms with E-state index in [4.69, 9.17) is 14.5 Å². The minimum absolute atomic E-state index is 0.155. The van der Waals surface area contributed by atoms with Crippen LogP contribution in [0.3, 0.4) is 0 Å². The van der Waals surface area contributed by atoms with Crippen molar-refractivity contribution in [1.82, 2.24) is 15.1 Å². The lowest BCUT2D eigenvalue weighted by Gasteiger charge is -2.05. The SMILES string of the molecule is N#CCC(=O)Nc1ccc(C(=O)OCc2nc(-c3cccnc3)no2)cc1. The molecule has 134 valence electrons. The van der Waals surface area contributed by atoms with E-state index in [0.717, 1.165) is 0 Å². The largest absolute Gasteiger partial charge is 0.452 e. The molecule has 0 saturated heterocycles. The molecule has 0 radical (unpaired) electrons. The number of carbonyl (C=O) groups excluding carboxylic acids is 2. The first-order valence-corrected chi connectivity index (χ1v) is 7.82. The van der Waals surface area contributed by atoms with Crippen molar-refractivity contribution in [3.8, 4) is 17.5 Å². The highest BCUT2D eigenvalue weighted by atomic mass is 16.6. The lowest BCUT2D eigenvalue weighted by atomic mass is 10.2. The van der Waals surface area contributed by atoms with Crippen LogP contribution in [-0.2, 0) is 16.1 Å². The Hall–Kier alpha value is -4.06. The molecular formula is C18H13N5O4. The van der Waals surface area contributed by atoms with E-state index in [1.54, 1.807) is 42.7 Å². The van der Waals surface area contributed by atoms with E-state index >= 15 is 0 Å². The summed E-state index contributed by atoms with van der Waals surface area (Å²) in [4.78, 5) is 31.5. The topological polar surface area (TPSA) is 131 Å². The molecule has 0 aliphatic carbocycles. The van der Waals surface area contributed by atoms with Gasteiger partial charge in [0.05, 0.1) is 11.6 Å². The third-order valence-electron chi connectivity index (χ3n) is 3.36. The second-order valence-electron chi connectivity index (χ2n) is 5.29. The number of nitrogens with one attached hydrogen (secondary N) is 1. The van der Waals surface area contributed by atoms with Crippen LogP contribution in [0.4, 0.5) is 5.69 Å². The Kier molecular flexibility index (Phi) is 5.49. The second kappa shape index (κ2) is 8.35. The number of aromatic nitrogens is 3. The minimum Gasteiger partial charge on any atom is -0.452 e. The van der Waals surface area contributed by atoms with Gasteiger partial charge in [-0.15, -0.1) is 0 Å². The molecule has 0 atom stereocenters. The number of hydrogen-bond acceptors (Lipinski definition) is 8. The Morgan fingerprint density at radius 3 is 2.74 bits per heavy atom. The summed E-state index contributed by atoms with van der Waals surface area (Å²) < 4.78 is 10.2. The maximum absolute atomic E-state index is 12.1. The summed E-state index contributed by atoms with van der Waals surface area (Å²) in [5.74, 6) is -0.492. The zero-order valence-electron chi connectivity index (χ0n) is 14.0. The van der Waals surface area contributed by atoms with Crippen LogP contribution in [0.2, 0.25) is 0 Å². The predicted octanol–water partition coefficient (Wildman–Crippen LogP) is 2.34. The quantitative estimate of drug-likeness (QED) is 0.660. The first kappa shape index (κ1) is 17.8. The molecule has 0 bridgehead atoms. The molecule has 1 aromatic carbocycles. The Morgan fingerprint density at radius 1 is 1.22 bits per heavy atom. The fourth-order valence-electron chi connectivity index (χ4n) is 2.10. The van der Waals surface area contributed by atoms with Gasteiger partial charge in [0.25, 0.3) is 5.89 Å². The summed E-state index contributed by atoms with van der Waals surface area (Å²) in [6, 6.07) is 11.4.